The Bertz CT molecular complexity index is 547. The molecule has 0 bridgehead atoms. The van der Waals surface area contributed by atoms with Gasteiger partial charge in [-0.15, -0.1) is 11.8 Å². The number of hydrogen-bond donors (Lipinski definition) is 2. The number of likely N-dealkylation sites (tertiary alicyclic amines) is 1. The number of carbonyl (C=O) groups is 4. The molecule has 0 aromatic heterocycles. The molecule has 0 aromatic rings. The average Bonchev–Trinajstić information content (AvgIpc) is 2.92. The topological polar surface area (TPSA) is 95.6 Å². The molecule has 26 heavy (non-hydrogen) atoms. The van der Waals surface area contributed by atoms with Crippen LogP contribution in [0.1, 0.15) is 44.9 Å². The molecule has 2 fully saturated rings. The van der Waals surface area contributed by atoms with Gasteiger partial charge in [-0.25, -0.2) is 0 Å². The van der Waals surface area contributed by atoms with E-state index in [4.69, 9.17) is 0 Å². The maximum Gasteiger partial charge on any atom is 0.242 e. The second-order valence-corrected chi connectivity index (χ2v) is 8.30. The summed E-state index contributed by atoms with van der Waals surface area (Å²) in [6, 6.07) is 0. The molecule has 1 atom stereocenters. The summed E-state index contributed by atoms with van der Waals surface area (Å²) in [5.74, 6) is 0.837. The monoisotopic (exact) mass is 383 g/mol. The minimum absolute atomic E-state index is 0.0991. The zero-order valence-corrected chi connectivity index (χ0v) is 16.4. The molecular weight excluding hydrogens is 354 g/mol. The van der Waals surface area contributed by atoms with Gasteiger partial charge in [0.2, 0.25) is 23.6 Å². The molecule has 0 radical (unpaired) electrons. The lowest BCUT2D eigenvalue weighted by Crippen LogP contribution is -2.34. The Labute approximate surface area is 159 Å². The quantitative estimate of drug-likeness (QED) is 0.608. The van der Waals surface area contributed by atoms with Crippen LogP contribution in [-0.2, 0) is 19.2 Å². The Balaban J connectivity index is 1.72. The fourth-order valence-corrected chi connectivity index (χ4v) is 4.69. The van der Waals surface area contributed by atoms with E-state index < -0.39 is 5.25 Å². The van der Waals surface area contributed by atoms with E-state index in [1.165, 1.54) is 16.7 Å². The van der Waals surface area contributed by atoms with Crippen molar-refractivity contribution in [2.24, 2.45) is 11.8 Å². The van der Waals surface area contributed by atoms with E-state index in [0.717, 1.165) is 32.1 Å². The Hall–Kier alpha value is -1.57. The lowest BCUT2D eigenvalue weighted by Gasteiger charge is -2.29. The zero-order chi connectivity index (χ0) is 19.1. The van der Waals surface area contributed by atoms with Gasteiger partial charge in [0.1, 0.15) is 0 Å². The predicted molar refractivity (Wildman–Crippen MR) is 100 cm³/mol. The molecule has 8 heteroatoms. The van der Waals surface area contributed by atoms with Crippen LogP contribution in [0.25, 0.3) is 0 Å². The van der Waals surface area contributed by atoms with Crippen molar-refractivity contribution in [3.8, 4) is 0 Å². The van der Waals surface area contributed by atoms with Crippen LogP contribution >= 0.6 is 11.8 Å². The van der Waals surface area contributed by atoms with Gasteiger partial charge in [-0.3, -0.25) is 24.1 Å². The highest BCUT2D eigenvalue weighted by Crippen LogP contribution is 2.33. The fourth-order valence-electron chi connectivity index (χ4n) is 3.67. The summed E-state index contributed by atoms with van der Waals surface area (Å²) in [5, 5.41) is 4.76. The first-order chi connectivity index (χ1) is 12.4. The molecule has 7 nitrogen and oxygen atoms in total. The standard InChI is InChI=1S/C18H29N3O4S/c1-19-15(22)9-13-5-3-12(4-6-13)7-8-21-17(24)10-14(18(21)25)26-11-16(23)20-2/h12-14H,3-11H2,1-2H3,(H,19,22)(H,20,23). The SMILES string of the molecule is CNC(=O)CSC1CC(=O)N(CCC2CCC(CC(=O)NC)CC2)C1=O. The van der Waals surface area contributed by atoms with E-state index >= 15 is 0 Å². The third kappa shape index (κ3) is 5.72. The van der Waals surface area contributed by atoms with E-state index in [1.807, 2.05) is 0 Å². The molecule has 1 unspecified atom stereocenters. The van der Waals surface area contributed by atoms with Gasteiger partial charge in [0, 0.05) is 33.5 Å². The van der Waals surface area contributed by atoms with Crippen LogP contribution in [0, 0.1) is 11.8 Å². The highest BCUT2D eigenvalue weighted by atomic mass is 32.2. The van der Waals surface area contributed by atoms with Crippen LogP contribution in [0.15, 0.2) is 0 Å². The van der Waals surface area contributed by atoms with Crippen molar-refractivity contribution in [1.82, 2.24) is 15.5 Å². The van der Waals surface area contributed by atoms with Crippen molar-refractivity contribution < 1.29 is 19.2 Å². The first-order valence-electron chi connectivity index (χ1n) is 9.31. The Morgan fingerprint density at radius 3 is 2.27 bits per heavy atom. The van der Waals surface area contributed by atoms with E-state index in [-0.39, 0.29) is 35.8 Å². The smallest absolute Gasteiger partial charge is 0.242 e. The van der Waals surface area contributed by atoms with Crippen molar-refractivity contribution in [3.05, 3.63) is 0 Å². The van der Waals surface area contributed by atoms with Crippen LogP contribution in [0.5, 0.6) is 0 Å². The minimum Gasteiger partial charge on any atom is -0.359 e. The molecule has 0 spiro atoms. The molecule has 2 N–H and O–H groups in total. The van der Waals surface area contributed by atoms with Gasteiger partial charge in [-0.2, -0.15) is 0 Å². The molecule has 2 rings (SSSR count). The predicted octanol–water partition coefficient (Wildman–Crippen LogP) is 0.926. The molecule has 1 saturated carbocycles. The average molecular weight is 384 g/mol. The van der Waals surface area contributed by atoms with E-state index in [1.54, 1.807) is 14.1 Å². The summed E-state index contributed by atoms with van der Waals surface area (Å²) >= 11 is 1.24. The number of imide groups is 1. The number of nitrogens with one attached hydrogen (secondary N) is 2. The fraction of sp³-hybridized carbons (Fsp3) is 0.778. The molecule has 4 amide bonds. The van der Waals surface area contributed by atoms with Crippen LogP contribution in [-0.4, -0.2) is 60.2 Å². The summed E-state index contributed by atoms with van der Waals surface area (Å²) in [4.78, 5) is 48.7. The number of thioether (sulfide) groups is 1. The highest BCUT2D eigenvalue weighted by Gasteiger charge is 2.39. The Morgan fingerprint density at radius 1 is 1.04 bits per heavy atom. The van der Waals surface area contributed by atoms with Gasteiger partial charge in [-0.1, -0.05) is 12.8 Å². The van der Waals surface area contributed by atoms with Crippen molar-refractivity contribution in [1.29, 1.82) is 0 Å². The zero-order valence-electron chi connectivity index (χ0n) is 15.6. The number of amides is 4. The van der Waals surface area contributed by atoms with Gasteiger partial charge in [0.05, 0.1) is 11.0 Å². The summed E-state index contributed by atoms with van der Waals surface area (Å²) in [7, 11) is 3.22. The second kappa shape index (κ2) is 9.94. The first-order valence-corrected chi connectivity index (χ1v) is 10.4. The molecular formula is C18H29N3O4S. The Kier molecular flexibility index (Phi) is 7.93. The van der Waals surface area contributed by atoms with E-state index in [0.29, 0.717) is 24.8 Å². The third-order valence-electron chi connectivity index (χ3n) is 5.38. The van der Waals surface area contributed by atoms with Crippen LogP contribution in [0.2, 0.25) is 0 Å². The summed E-state index contributed by atoms with van der Waals surface area (Å²) in [6.45, 7) is 0.472. The number of rotatable bonds is 8. The number of hydrogen-bond acceptors (Lipinski definition) is 5. The molecule has 1 heterocycles. The highest BCUT2D eigenvalue weighted by molar-refractivity contribution is 8.01. The molecule has 146 valence electrons. The third-order valence-corrected chi connectivity index (χ3v) is 6.58. The van der Waals surface area contributed by atoms with Gasteiger partial charge >= 0.3 is 0 Å². The largest absolute Gasteiger partial charge is 0.359 e. The van der Waals surface area contributed by atoms with Crippen molar-refractivity contribution >= 4 is 35.4 Å². The maximum atomic E-state index is 12.4. The molecule has 1 saturated heterocycles. The van der Waals surface area contributed by atoms with Gasteiger partial charge in [0.25, 0.3) is 0 Å². The van der Waals surface area contributed by atoms with Crippen LogP contribution in [0.3, 0.4) is 0 Å². The van der Waals surface area contributed by atoms with Crippen LogP contribution < -0.4 is 10.6 Å². The molecule has 1 aliphatic heterocycles. The molecule has 0 aromatic carbocycles. The van der Waals surface area contributed by atoms with Gasteiger partial charge < -0.3 is 10.6 Å². The Morgan fingerprint density at radius 2 is 1.65 bits per heavy atom. The minimum atomic E-state index is -0.428. The summed E-state index contributed by atoms with van der Waals surface area (Å²) in [6.07, 6.45) is 5.78. The van der Waals surface area contributed by atoms with E-state index in [2.05, 4.69) is 10.6 Å². The number of nitrogens with zero attached hydrogens (tertiary/aromatic N) is 1. The van der Waals surface area contributed by atoms with E-state index in [9.17, 15) is 19.2 Å². The second-order valence-electron chi connectivity index (χ2n) is 7.11. The lowest BCUT2D eigenvalue weighted by atomic mass is 9.79. The summed E-state index contributed by atoms with van der Waals surface area (Å²) < 4.78 is 0. The van der Waals surface area contributed by atoms with Crippen molar-refractivity contribution in [3.63, 3.8) is 0 Å². The first kappa shape index (κ1) is 20.7. The normalized spacial score (nSPS) is 26.1. The molecule has 1 aliphatic carbocycles. The summed E-state index contributed by atoms with van der Waals surface area (Å²) in [5.41, 5.74) is 0. The van der Waals surface area contributed by atoms with Crippen molar-refractivity contribution in [2.45, 2.75) is 50.2 Å². The van der Waals surface area contributed by atoms with Gasteiger partial charge in [-0.05, 0) is 31.1 Å². The van der Waals surface area contributed by atoms with Crippen molar-refractivity contribution in [2.75, 3.05) is 26.4 Å². The number of carbonyl (C=O) groups excluding carboxylic acids is 4. The van der Waals surface area contributed by atoms with Crippen LogP contribution in [0.4, 0.5) is 0 Å². The lowest BCUT2D eigenvalue weighted by molar-refractivity contribution is -0.138. The maximum absolute atomic E-state index is 12.4. The molecule has 2 aliphatic rings. The van der Waals surface area contributed by atoms with Gasteiger partial charge in [0.15, 0.2) is 0 Å².